The Morgan fingerprint density at radius 2 is 1.86 bits per heavy atom. The first-order chi connectivity index (χ1) is 14.1. The molecule has 29 heavy (non-hydrogen) atoms. The van der Waals surface area contributed by atoms with Gasteiger partial charge in [0.2, 0.25) is 5.91 Å². The van der Waals surface area contributed by atoms with E-state index in [2.05, 4.69) is 19.9 Å². The standard InChI is InChI=1S/C21H29N7O/c1-15-14-19(25(2)24-15)28-9-3-4-17(21(28)29)26-10-12-27(13-11-26)18-7-8-22-20(23-18)16-5-6-16/h7-8,14,16-17H,3-6,9-13H2,1-2H3/t17-/m0/s1. The number of hydrogen-bond donors (Lipinski definition) is 0. The number of amides is 1. The average molecular weight is 396 g/mol. The van der Waals surface area contributed by atoms with Gasteiger partial charge in [-0.2, -0.15) is 5.10 Å². The molecule has 1 saturated carbocycles. The van der Waals surface area contributed by atoms with Gasteiger partial charge in [-0.1, -0.05) is 0 Å². The molecule has 3 aliphatic rings. The average Bonchev–Trinajstić information content (AvgIpc) is 3.53. The molecule has 154 valence electrons. The predicted molar refractivity (Wildman–Crippen MR) is 111 cm³/mol. The van der Waals surface area contributed by atoms with E-state index in [1.165, 1.54) is 12.8 Å². The molecule has 0 bridgehead atoms. The number of piperidine rings is 1. The molecule has 1 atom stereocenters. The molecule has 0 N–H and O–H groups in total. The summed E-state index contributed by atoms with van der Waals surface area (Å²) in [5.74, 6) is 3.71. The van der Waals surface area contributed by atoms with Crippen LogP contribution in [0.25, 0.3) is 0 Å². The molecule has 0 spiro atoms. The Morgan fingerprint density at radius 1 is 1.07 bits per heavy atom. The van der Waals surface area contributed by atoms with Gasteiger partial charge >= 0.3 is 0 Å². The van der Waals surface area contributed by atoms with Gasteiger partial charge in [0.15, 0.2) is 0 Å². The lowest BCUT2D eigenvalue weighted by Crippen LogP contribution is -2.58. The normalized spacial score (nSPS) is 23.7. The zero-order chi connectivity index (χ0) is 20.0. The fourth-order valence-corrected chi connectivity index (χ4v) is 4.61. The van der Waals surface area contributed by atoms with Crippen molar-refractivity contribution in [1.29, 1.82) is 0 Å². The number of aryl methyl sites for hydroxylation is 2. The molecule has 0 aromatic carbocycles. The number of nitrogens with zero attached hydrogens (tertiary/aromatic N) is 7. The molecule has 8 heteroatoms. The van der Waals surface area contributed by atoms with Gasteiger partial charge in [-0.05, 0) is 38.7 Å². The molecule has 2 aromatic heterocycles. The fraction of sp³-hybridized carbons (Fsp3) is 0.619. The number of aromatic nitrogens is 4. The Kier molecular flexibility index (Phi) is 4.73. The lowest BCUT2D eigenvalue weighted by atomic mass is 10.0. The first kappa shape index (κ1) is 18.5. The summed E-state index contributed by atoms with van der Waals surface area (Å²) in [6.07, 6.45) is 6.28. The Bertz CT molecular complexity index is 898. The second-order valence-corrected chi connectivity index (χ2v) is 8.49. The summed E-state index contributed by atoms with van der Waals surface area (Å²) in [6, 6.07) is 3.98. The minimum absolute atomic E-state index is 0.0338. The molecule has 2 aromatic rings. The topological polar surface area (TPSA) is 70.4 Å². The third kappa shape index (κ3) is 3.61. The smallest absolute Gasteiger partial charge is 0.245 e. The van der Waals surface area contributed by atoms with Crippen LogP contribution in [0.3, 0.4) is 0 Å². The number of piperazine rings is 1. The highest BCUT2D eigenvalue weighted by Gasteiger charge is 2.36. The van der Waals surface area contributed by atoms with Crippen molar-refractivity contribution in [2.45, 2.75) is 44.6 Å². The van der Waals surface area contributed by atoms with Gasteiger partial charge < -0.3 is 4.90 Å². The Morgan fingerprint density at radius 3 is 2.55 bits per heavy atom. The van der Waals surface area contributed by atoms with Crippen molar-refractivity contribution in [3.8, 4) is 0 Å². The Balaban J connectivity index is 1.25. The molecule has 4 heterocycles. The van der Waals surface area contributed by atoms with E-state index in [0.29, 0.717) is 5.92 Å². The van der Waals surface area contributed by atoms with Gasteiger partial charge in [0.25, 0.3) is 0 Å². The number of anilines is 2. The molecule has 0 radical (unpaired) electrons. The summed E-state index contributed by atoms with van der Waals surface area (Å²) >= 11 is 0. The summed E-state index contributed by atoms with van der Waals surface area (Å²) < 4.78 is 1.82. The van der Waals surface area contributed by atoms with Gasteiger partial charge in [0, 0.05) is 58.0 Å². The van der Waals surface area contributed by atoms with Crippen LogP contribution in [0, 0.1) is 6.92 Å². The van der Waals surface area contributed by atoms with Crippen molar-refractivity contribution in [3.05, 3.63) is 29.8 Å². The summed E-state index contributed by atoms with van der Waals surface area (Å²) in [4.78, 5) is 29.1. The van der Waals surface area contributed by atoms with E-state index in [1.54, 1.807) is 0 Å². The van der Waals surface area contributed by atoms with Crippen LogP contribution in [0.15, 0.2) is 18.3 Å². The first-order valence-electron chi connectivity index (χ1n) is 10.7. The highest BCUT2D eigenvalue weighted by molar-refractivity contribution is 5.97. The number of carbonyl (C=O) groups excluding carboxylic acids is 1. The summed E-state index contributed by atoms with van der Waals surface area (Å²) in [5, 5.41) is 4.42. The Hall–Kier alpha value is -2.48. The maximum absolute atomic E-state index is 13.3. The molecule has 5 rings (SSSR count). The highest BCUT2D eigenvalue weighted by Crippen LogP contribution is 2.38. The minimum atomic E-state index is -0.0338. The van der Waals surface area contributed by atoms with Crippen molar-refractivity contribution in [2.75, 3.05) is 42.5 Å². The van der Waals surface area contributed by atoms with E-state index in [0.717, 1.165) is 68.7 Å². The summed E-state index contributed by atoms with van der Waals surface area (Å²) in [6.45, 7) is 6.32. The number of rotatable bonds is 4. The van der Waals surface area contributed by atoms with Crippen molar-refractivity contribution < 1.29 is 4.79 Å². The van der Waals surface area contributed by atoms with Crippen molar-refractivity contribution in [2.24, 2.45) is 7.05 Å². The van der Waals surface area contributed by atoms with Gasteiger partial charge in [-0.15, -0.1) is 0 Å². The molecule has 0 unspecified atom stereocenters. The fourth-order valence-electron chi connectivity index (χ4n) is 4.61. The van der Waals surface area contributed by atoms with Crippen LogP contribution in [-0.4, -0.2) is 69.3 Å². The first-order valence-corrected chi connectivity index (χ1v) is 10.7. The van der Waals surface area contributed by atoms with Gasteiger partial charge in [-0.25, -0.2) is 9.97 Å². The molecule has 2 saturated heterocycles. The number of hydrogen-bond acceptors (Lipinski definition) is 6. The molecule has 8 nitrogen and oxygen atoms in total. The van der Waals surface area contributed by atoms with E-state index >= 15 is 0 Å². The van der Waals surface area contributed by atoms with E-state index in [1.807, 2.05) is 41.9 Å². The van der Waals surface area contributed by atoms with E-state index in [-0.39, 0.29) is 11.9 Å². The number of carbonyl (C=O) groups is 1. The van der Waals surface area contributed by atoms with E-state index in [4.69, 9.17) is 4.98 Å². The third-order valence-corrected chi connectivity index (χ3v) is 6.35. The van der Waals surface area contributed by atoms with Crippen LogP contribution in [-0.2, 0) is 11.8 Å². The van der Waals surface area contributed by atoms with Gasteiger partial charge in [0.05, 0.1) is 11.7 Å². The van der Waals surface area contributed by atoms with Crippen molar-refractivity contribution >= 4 is 17.5 Å². The van der Waals surface area contributed by atoms with Crippen molar-refractivity contribution in [1.82, 2.24) is 24.6 Å². The second kappa shape index (κ2) is 7.40. The van der Waals surface area contributed by atoms with E-state index in [9.17, 15) is 4.79 Å². The molecule has 3 fully saturated rings. The molecule has 2 aliphatic heterocycles. The SMILES string of the molecule is Cc1cc(N2CCC[C@H](N3CCN(c4ccnc(C5CC5)n4)CC3)C2=O)n(C)n1. The zero-order valence-corrected chi connectivity index (χ0v) is 17.3. The van der Waals surface area contributed by atoms with Crippen LogP contribution in [0.5, 0.6) is 0 Å². The van der Waals surface area contributed by atoms with Crippen LogP contribution in [0.4, 0.5) is 11.6 Å². The largest absolute Gasteiger partial charge is 0.354 e. The van der Waals surface area contributed by atoms with Crippen LogP contribution in [0.2, 0.25) is 0 Å². The third-order valence-electron chi connectivity index (χ3n) is 6.35. The molecule has 1 aliphatic carbocycles. The summed E-state index contributed by atoms with van der Waals surface area (Å²) in [5.41, 5.74) is 0.946. The van der Waals surface area contributed by atoms with E-state index < -0.39 is 0 Å². The maximum atomic E-state index is 13.3. The highest BCUT2D eigenvalue weighted by atomic mass is 16.2. The molecule has 1 amide bonds. The molecular formula is C21H29N7O. The minimum Gasteiger partial charge on any atom is -0.354 e. The van der Waals surface area contributed by atoms with Gasteiger partial charge in [-0.3, -0.25) is 19.3 Å². The van der Waals surface area contributed by atoms with Crippen LogP contribution < -0.4 is 9.80 Å². The summed E-state index contributed by atoms with van der Waals surface area (Å²) in [7, 11) is 1.91. The predicted octanol–water partition coefficient (Wildman–Crippen LogP) is 1.71. The van der Waals surface area contributed by atoms with Gasteiger partial charge in [0.1, 0.15) is 17.5 Å². The maximum Gasteiger partial charge on any atom is 0.245 e. The van der Waals surface area contributed by atoms with Crippen molar-refractivity contribution in [3.63, 3.8) is 0 Å². The second-order valence-electron chi connectivity index (χ2n) is 8.49. The lowest BCUT2D eigenvalue weighted by Gasteiger charge is -2.42. The Labute approximate surface area is 171 Å². The zero-order valence-electron chi connectivity index (χ0n) is 17.3. The van der Waals surface area contributed by atoms with Crippen LogP contribution >= 0.6 is 0 Å². The lowest BCUT2D eigenvalue weighted by molar-refractivity contribution is -0.125. The monoisotopic (exact) mass is 395 g/mol. The molecular weight excluding hydrogens is 366 g/mol. The quantitative estimate of drug-likeness (QED) is 0.785. The van der Waals surface area contributed by atoms with Crippen LogP contribution in [0.1, 0.15) is 43.1 Å².